The Labute approximate surface area is 76.1 Å². The number of ether oxygens (including phenoxy) is 1. The van der Waals surface area contributed by atoms with Gasteiger partial charge in [-0.3, -0.25) is 5.11 Å². The van der Waals surface area contributed by atoms with Gasteiger partial charge in [-0.2, -0.15) is 0 Å². The van der Waals surface area contributed by atoms with E-state index >= 15 is 0 Å². The van der Waals surface area contributed by atoms with Gasteiger partial charge in [0.25, 0.3) is 0 Å². The van der Waals surface area contributed by atoms with Gasteiger partial charge in [0.1, 0.15) is 0 Å². The Balaban J connectivity index is 2.46. The Morgan fingerprint density at radius 1 is 1.38 bits per heavy atom. The van der Waals surface area contributed by atoms with Crippen molar-refractivity contribution in [3.63, 3.8) is 0 Å². The van der Waals surface area contributed by atoms with Crippen molar-refractivity contribution in [2.75, 3.05) is 7.11 Å². The van der Waals surface area contributed by atoms with Crippen LogP contribution in [-0.2, 0) is 16.4 Å². The number of methoxy groups -OCH3 is 1. The van der Waals surface area contributed by atoms with E-state index in [0.29, 0.717) is 6.54 Å². The average Bonchev–Trinajstić information content (AvgIpc) is 2.16. The molecule has 0 saturated carbocycles. The summed E-state index contributed by atoms with van der Waals surface area (Å²) >= 11 is 0. The molecule has 1 radical (unpaired) electrons. The maximum atomic E-state index is 10.7. The van der Waals surface area contributed by atoms with E-state index in [-0.39, 0.29) is 5.75 Å². The first-order valence-electron chi connectivity index (χ1n) is 3.80. The van der Waals surface area contributed by atoms with Gasteiger partial charge in [0.15, 0.2) is 5.75 Å². The minimum absolute atomic E-state index is 0.0400. The molecule has 0 bridgehead atoms. The lowest BCUT2D eigenvalue weighted by atomic mass is 10.2. The molecule has 0 unspecified atom stereocenters. The van der Waals surface area contributed by atoms with Crippen molar-refractivity contribution >= 4 is 6.09 Å². The zero-order valence-corrected chi connectivity index (χ0v) is 7.24. The fourth-order valence-electron chi connectivity index (χ4n) is 0.854. The molecule has 4 nitrogen and oxygen atoms in total. The zero-order valence-electron chi connectivity index (χ0n) is 7.24. The summed E-state index contributed by atoms with van der Waals surface area (Å²) in [5.74, 6) is -0.0400. The van der Waals surface area contributed by atoms with Gasteiger partial charge in [-0.25, -0.2) is 4.79 Å². The molecule has 0 heterocycles. The summed E-state index contributed by atoms with van der Waals surface area (Å²) < 4.78 is 4.38. The summed E-state index contributed by atoms with van der Waals surface area (Å²) in [5.41, 5.74) is 0.866. The lowest BCUT2D eigenvalue weighted by Crippen LogP contribution is -2.22. The molecule has 1 aromatic rings. The van der Waals surface area contributed by atoms with Crippen molar-refractivity contribution in [3.8, 4) is 5.75 Å². The van der Waals surface area contributed by atoms with E-state index in [1.165, 1.54) is 19.2 Å². The zero-order chi connectivity index (χ0) is 9.68. The SMILES string of the molecule is COC(=O)NCc1ccc([O])cc1. The van der Waals surface area contributed by atoms with Crippen LogP contribution in [0.4, 0.5) is 4.79 Å². The van der Waals surface area contributed by atoms with Crippen molar-refractivity contribution in [3.05, 3.63) is 29.8 Å². The summed E-state index contributed by atoms with van der Waals surface area (Å²) in [6, 6.07) is 6.24. The van der Waals surface area contributed by atoms with Crippen LogP contribution < -0.4 is 5.32 Å². The van der Waals surface area contributed by atoms with Crippen molar-refractivity contribution in [1.82, 2.24) is 5.32 Å². The van der Waals surface area contributed by atoms with Crippen LogP contribution in [0.3, 0.4) is 0 Å². The van der Waals surface area contributed by atoms with Crippen LogP contribution in [0.5, 0.6) is 5.75 Å². The topological polar surface area (TPSA) is 58.2 Å². The van der Waals surface area contributed by atoms with Gasteiger partial charge in [0, 0.05) is 6.54 Å². The molecule has 0 fully saturated rings. The number of nitrogens with one attached hydrogen (secondary N) is 1. The molecule has 1 amide bonds. The molecule has 1 N–H and O–H groups in total. The third-order valence-corrected chi connectivity index (χ3v) is 1.55. The summed E-state index contributed by atoms with van der Waals surface area (Å²) in [6.07, 6.45) is -0.480. The maximum absolute atomic E-state index is 10.7. The average molecular weight is 180 g/mol. The Bertz CT molecular complexity index is 281. The standard InChI is InChI=1S/C9H10NO3/c1-13-9(12)10-6-7-2-4-8(11)5-3-7/h2-5H,6H2,1H3,(H,10,12). The van der Waals surface area contributed by atoms with E-state index < -0.39 is 6.09 Å². The van der Waals surface area contributed by atoms with Crippen LogP contribution in [0.15, 0.2) is 24.3 Å². The molecule has 0 spiro atoms. The smallest absolute Gasteiger partial charge is 0.407 e. The van der Waals surface area contributed by atoms with Crippen molar-refractivity contribution < 1.29 is 14.6 Å². The fraction of sp³-hybridized carbons (Fsp3) is 0.222. The highest BCUT2D eigenvalue weighted by Gasteiger charge is 1.98. The highest BCUT2D eigenvalue weighted by molar-refractivity contribution is 5.66. The molecule has 0 atom stereocenters. The third-order valence-electron chi connectivity index (χ3n) is 1.55. The second kappa shape index (κ2) is 4.35. The fourth-order valence-corrected chi connectivity index (χ4v) is 0.854. The molecular formula is C9H10NO3. The van der Waals surface area contributed by atoms with Gasteiger partial charge in [-0.1, -0.05) is 12.1 Å². The van der Waals surface area contributed by atoms with E-state index in [1.807, 2.05) is 0 Å². The quantitative estimate of drug-likeness (QED) is 0.752. The maximum Gasteiger partial charge on any atom is 0.407 e. The largest absolute Gasteiger partial charge is 0.453 e. The Morgan fingerprint density at radius 3 is 2.54 bits per heavy atom. The molecule has 1 rings (SSSR count). The van der Waals surface area contributed by atoms with E-state index in [9.17, 15) is 9.90 Å². The van der Waals surface area contributed by atoms with Crippen molar-refractivity contribution in [2.24, 2.45) is 0 Å². The number of carbonyl (C=O) groups is 1. The molecule has 0 aliphatic rings. The first-order chi connectivity index (χ1) is 6.22. The number of rotatable bonds is 2. The Hall–Kier alpha value is -1.71. The number of benzene rings is 1. The molecular weight excluding hydrogens is 170 g/mol. The van der Waals surface area contributed by atoms with Gasteiger partial charge in [0.05, 0.1) is 7.11 Å². The lowest BCUT2D eigenvalue weighted by molar-refractivity contribution is 0.170. The van der Waals surface area contributed by atoms with E-state index in [2.05, 4.69) is 10.1 Å². The van der Waals surface area contributed by atoms with E-state index in [4.69, 9.17) is 0 Å². The second-order valence-electron chi connectivity index (χ2n) is 2.49. The molecule has 0 aliphatic heterocycles. The monoisotopic (exact) mass is 180 g/mol. The minimum Gasteiger partial charge on any atom is -0.453 e. The van der Waals surface area contributed by atoms with E-state index in [1.54, 1.807) is 12.1 Å². The first-order valence-corrected chi connectivity index (χ1v) is 3.80. The van der Waals surface area contributed by atoms with Crippen LogP contribution >= 0.6 is 0 Å². The van der Waals surface area contributed by atoms with Gasteiger partial charge in [-0.15, -0.1) is 0 Å². The van der Waals surface area contributed by atoms with E-state index in [0.717, 1.165) is 5.56 Å². The molecule has 69 valence electrons. The predicted molar refractivity (Wildman–Crippen MR) is 45.8 cm³/mol. The lowest BCUT2D eigenvalue weighted by Gasteiger charge is -2.02. The molecule has 0 saturated heterocycles. The van der Waals surface area contributed by atoms with Gasteiger partial charge < -0.3 is 10.1 Å². The van der Waals surface area contributed by atoms with Crippen LogP contribution in [0.25, 0.3) is 0 Å². The molecule has 1 aromatic carbocycles. The molecule has 0 aromatic heterocycles. The molecule has 13 heavy (non-hydrogen) atoms. The normalized spacial score (nSPS) is 9.31. The second-order valence-corrected chi connectivity index (χ2v) is 2.49. The minimum atomic E-state index is -0.480. The van der Waals surface area contributed by atoms with Gasteiger partial charge in [-0.05, 0) is 17.7 Å². The number of alkyl carbamates (subject to hydrolysis) is 1. The van der Waals surface area contributed by atoms with Crippen LogP contribution in [-0.4, -0.2) is 13.2 Å². The van der Waals surface area contributed by atoms with Gasteiger partial charge >= 0.3 is 6.09 Å². The number of amides is 1. The summed E-state index contributed by atoms with van der Waals surface area (Å²) in [4.78, 5) is 10.7. The van der Waals surface area contributed by atoms with Crippen molar-refractivity contribution in [2.45, 2.75) is 6.54 Å². The number of hydrogen-bond donors (Lipinski definition) is 1. The highest BCUT2D eigenvalue weighted by Crippen LogP contribution is 2.09. The van der Waals surface area contributed by atoms with Crippen LogP contribution in [0.1, 0.15) is 5.56 Å². The number of carbonyl (C=O) groups excluding carboxylic acids is 1. The van der Waals surface area contributed by atoms with Crippen LogP contribution in [0, 0.1) is 0 Å². The predicted octanol–water partition coefficient (Wildman–Crippen LogP) is 1.69. The summed E-state index contributed by atoms with van der Waals surface area (Å²) in [7, 11) is 1.30. The summed E-state index contributed by atoms with van der Waals surface area (Å²) in [6.45, 7) is 0.368. The molecule has 0 aliphatic carbocycles. The first kappa shape index (κ1) is 9.38. The Morgan fingerprint density at radius 2 is 2.00 bits per heavy atom. The highest BCUT2D eigenvalue weighted by atomic mass is 16.5. The number of hydrogen-bond acceptors (Lipinski definition) is 2. The summed E-state index contributed by atoms with van der Waals surface area (Å²) in [5, 5.41) is 13.2. The van der Waals surface area contributed by atoms with Crippen molar-refractivity contribution in [1.29, 1.82) is 0 Å². The van der Waals surface area contributed by atoms with Gasteiger partial charge in [0.2, 0.25) is 0 Å². The third kappa shape index (κ3) is 3.02. The van der Waals surface area contributed by atoms with Crippen LogP contribution in [0.2, 0.25) is 0 Å². The Kier molecular flexibility index (Phi) is 3.14. The molecule has 4 heteroatoms.